The smallest absolute Gasteiger partial charge is 0.404 e. The van der Waals surface area contributed by atoms with Crippen molar-refractivity contribution in [3.63, 3.8) is 0 Å². The quantitative estimate of drug-likeness (QED) is 0.458. The molecule has 1 aromatic rings. The van der Waals surface area contributed by atoms with Crippen molar-refractivity contribution in [3.8, 4) is 0 Å². The maximum Gasteiger partial charge on any atom is 0.404 e. The molecule has 0 unspecified atom stereocenters. The van der Waals surface area contributed by atoms with Gasteiger partial charge in [0.2, 0.25) is 0 Å². The largest absolute Gasteiger partial charge is 0.475 e. The summed E-state index contributed by atoms with van der Waals surface area (Å²) in [5.41, 5.74) is 1.09. The number of pyridine rings is 1. The van der Waals surface area contributed by atoms with E-state index in [0.29, 0.717) is 26.2 Å². The van der Waals surface area contributed by atoms with Gasteiger partial charge in [-0.2, -0.15) is 0 Å². The number of anilines is 1. The van der Waals surface area contributed by atoms with E-state index < -0.39 is 5.97 Å². The summed E-state index contributed by atoms with van der Waals surface area (Å²) in [7, 11) is 0. The summed E-state index contributed by atoms with van der Waals surface area (Å²) in [6.07, 6.45) is 4.86. The van der Waals surface area contributed by atoms with E-state index >= 15 is 0 Å². The van der Waals surface area contributed by atoms with Crippen LogP contribution in [0.25, 0.3) is 0 Å². The van der Waals surface area contributed by atoms with Crippen molar-refractivity contribution in [2.75, 3.05) is 44.2 Å². The molecule has 8 nitrogen and oxygen atoms in total. The average molecular weight is 346 g/mol. The van der Waals surface area contributed by atoms with Gasteiger partial charge in [-0.3, -0.25) is 4.98 Å². The summed E-state index contributed by atoms with van der Waals surface area (Å²) in [4.78, 5) is 34.7. The number of carbonyl (C=O) groups excluding carboxylic acids is 2. The second-order valence-corrected chi connectivity index (χ2v) is 6.00. The number of piperidine rings is 1. The molecule has 3 rings (SSSR count). The van der Waals surface area contributed by atoms with Crippen LogP contribution in [-0.4, -0.2) is 67.3 Å². The Kier molecular flexibility index (Phi) is 6.00. The Hall–Kier alpha value is -2.41. The van der Waals surface area contributed by atoms with Crippen molar-refractivity contribution in [1.82, 2.24) is 15.4 Å². The van der Waals surface area contributed by atoms with Gasteiger partial charge < -0.3 is 19.8 Å². The Labute approximate surface area is 146 Å². The monoisotopic (exact) mass is 346 g/mol. The molecule has 0 aromatic carbocycles. The molecular formula is C17H22N4O4. The van der Waals surface area contributed by atoms with E-state index in [0.717, 1.165) is 31.6 Å². The molecule has 2 aliphatic rings. The number of nitrogens with zero attached hydrogens (tertiary/aromatic N) is 3. The minimum absolute atomic E-state index is 0.145. The minimum atomic E-state index is -0.772. The van der Waals surface area contributed by atoms with Crippen LogP contribution in [0.2, 0.25) is 0 Å². The zero-order valence-electron chi connectivity index (χ0n) is 14.0. The molecule has 2 aliphatic heterocycles. The molecule has 0 bridgehead atoms. The maximum atomic E-state index is 12.1. The van der Waals surface area contributed by atoms with Crippen LogP contribution in [0.5, 0.6) is 0 Å². The van der Waals surface area contributed by atoms with Crippen molar-refractivity contribution in [3.05, 3.63) is 30.3 Å². The predicted molar refractivity (Wildman–Crippen MR) is 90.3 cm³/mol. The van der Waals surface area contributed by atoms with Gasteiger partial charge >= 0.3 is 5.97 Å². The average Bonchev–Trinajstić information content (AvgIpc) is 2.68. The van der Waals surface area contributed by atoms with Crippen molar-refractivity contribution >= 4 is 17.6 Å². The fraction of sp³-hybridized carbons (Fsp3) is 0.529. The van der Waals surface area contributed by atoms with Crippen LogP contribution in [-0.2, 0) is 19.2 Å². The van der Waals surface area contributed by atoms with Gasteiger partial charge in [-0.1, -0.05) is 0 Å². The van der Waals surface area contributed by atoms with E-state index in [9.17, 15) is 9.59 Å². The van der Waals surface area contributed by atoms with E-state index in [2.05, 4.69) is 15.2 Å². The van der Waals surface area contributed by atoms with Crippen LogP contribution in [0.4, 0.5) is 5.69 Å². The van der Waals surface area contributed by atoms with E-state index in [-0.39, 0.29) is 11.9 Å². The Morgan fingerprint density at radius 1 is 1.16 bits per heavy atom. The van der Waals surface area contributed by atoms with Gasteiger partial charge in [0.1, 0.15) is 6.10 Å². The molecule has 0 aliphatic carbocycles. The number of rotatable bonds is 5. The number of hydrogen-bond donors (Lipinski definition) is 1. The number of hydroxylamine groups is 2. The molecule has 0 atom stereocenters. The highest BCUT2D eigenvalue weighted by atomic mass is 16.7. The van der Waals surface area contributed by atoms with E-state index in [1.54, 1.807) is 23.4 Å². The van der Waals surface area contributed by atoms with Gasteiger partial charge in [-0.05, 0) is 38.1 Å². The molecule has 0 radical (unpaired) electrons. The fourth-order valence-electron chi connectivity index (χ4n) is 2.94. The SMILES string of the molecule is O=C=C(OC1CCNCC1)C(=O)ON1CCN(c2ccncc2)CC1. The number of hydrogen-bond acceptors (Lipinski definition) is 8. The van der Waals surface area contributed by atoms with Gasteiger partial charge in [0.05, 0.1) is 13.1 Å². The first-order valence-electron chi connectivity index (χ1n) is 8.51. The van der Waals surface area contributed by atoms with Crippen LogP contribution in [0.15, 0.2) is 30.3 Å². The lowest BCUT2D eigenvalue weighted by Crippen LogP contribution is -2.47. The third-order valence-electron chi connectivity index (χ3n) is 4.33. The van der Waals surface area contributed by atoms with Gasteiger partial charge in [0.15, 0.2) is 5.94 Å². The number of piperazine rings is 1. The lowest BCUT2D eigenvalue weighted by Gasteiger charge is -2.34. The van der Waals surface area contributed by atoms with Gasteiger partial charge in [0, 0.05) is 31.2 Å². The van der Waals surface area contributed by atoms with Crippen LogP contribution in [0.1, 0.15) is 12.8 Å². The second-order valence-electron chi connectivity index (χ2n) is 6.00. The molecule has 0 amide bonds. The van der Waals surface area contributed by atoms with Gasteiger partial charge in [-0.15, -0.1) is 5.06 Å². The molecule has 2 saturated heterocycles. The number of aromatic nitrogens is 1. The minimum Gasteiger partial charge on any atom is -0.475 e. The first-order valence-corrected chi connectivity index (χ1v) is 8.51. The highest BCUT2D eigenvalue weighted by molar-refractivity contribution is 5.94. The molecule has 134 valence electrons. The molecular weight excluding hydrogens is 324 g/mol. The van der Waals surface area contributed by atoms with E-state index in [1.807, 2.05) is 12.1 Å². The van der Waals surface area contributed by atoms with Crippen molar-refractivity contribution in [2.45, 2.75) is 18.9 Å². The Morgan fingerprint density at radius 2 is 1.84 bits per heavy atom. The van der Waals surface area contributed by atoms with Crippen LogP contribution >= 0.6 is 0 Å². The molecule has 2 fully saturated rings. The molecule has 3 heterocycles. The summed E-state index contributed by atoms with van der Waals surface area (Å²) in [6.45, 7) is 4.14. The standard InChI is InChI=1S/C17H22N4O4/c22-13-16(24-15-3-7-19-8-4-15)17(23)25-21-11-9-20(10-12-21)14-1-5-18-6-2-14/h1-2,5-6,15,19H,3-4,7-12H2. The van der Waals surface area contributed by atoms with Crippen molar-refractivity contribution in [2.24, 2.45) is 0 Å². The molecule has 0 saturated carbocycles. The molecule has 0 spiro atoms. The summed E-state index contributed by atoms with van der Waals surface area (Å²) >= 11 is 0. The maximum absolute atomic E-state index is 12.1. The third kappa shape index (κ3) is 4.79. The highest BCUT2D eigenvalue weighted by Crippen LogP contribution is 2.16. The first-order chi connectivity index (χ1) is 12.3. The zero-order chi connectivity index (χ0) is 17.5. The van der Waals surface area contributed by atoms with Gasteiger partial charge in [0.25, 0.3) is 5.76 Å². The predicted octanol–water partition coefficient (Wildman–Crippen LogP) is 0.146. The molecule has 1 aromatic heterocycles. The summed E-state index contributed by atoms with van der Waals surface area (Å²) in [5, 5.41) is 4.76. The fourth-order valence-corrected chi connectivity index (χ4v) is 2.94. The zero-order valence-corrected chi connectivity index (χ0v) is 14.0. The lowest BCUT2D eigenvalue weighted by molar-refractivity contribution is -0.191. The van der Waals surface area contributed by atoms with Crippen LogP contribution < -0.4 is 10.2 Å². The Bertz CT molecular complexity index is 619. The van der Waals surface area contributed by atoms with Crippen LogP contribution in [0.3, 0.4) is 0 Å². The topological polar surface area (TPSA) is 84.0 Å². The van der Waals surface area contributed by atoms with E-state index in [4.69, 9.17) is 9.57 Å². The third-order valence-corrected chi connectivity index (χ3v) is 4.33. The van der Waals surface area contributed by atoms with Crippen molar-refractivity contribution < 1.29 is 19.2 Å². The van der Waals surface area contributed by atoms with Crippen molar-refractivity contribution in [1.29, 1.82) is 0 Å². The second kappa shape index (κ2) is 8.62. The number of nitrogens with one attached hydrogen (secondary N) is 1. The summed E-state index contributed by atoms with van der Waals surface area (Å²) in [5.74, 6) is 0.435. The number of carbonyl (C=O) groups is 1. The molecule has 25 heavy (non-hydrogen) atoms. The Morgan fingerprint density at radius 3 is 2.48 bits per heavy atom. The summed E-state index contributed by atoms with van der Waals surface area (Å²) < 4.78 is 5.47. The van der Waals surface area contributed by atoms with Gasteiger partial charge in [-0.25, -0.2) is 9.59 Å². The normalized spacial score (nSPS) is 19.1. The molecule has 1 N–H and O–H groups in total. The summed E-state index contributed by atoms with van der Waals surface area (Å²) in [6, 6.07) is 3.89. The Balaban J connectivity index is 1.47. The lowest BCUT2D eigenvalue weighted by atomic mass is 10.1. The molecule has 8 heteroatoms. The number of ether oxygens (including phenoxy) is 1. The van der Waals surface area contributed by atoms with E-state index in [1.165, 1.54) is 0 Å². The highest BCUT2D eigenvalue weighted by Gasteiger charge is 2.26. The first kappa shape index (κ1) is 17.4. The van der Waals surface area contributed by atoms with Crippen LogP contribution in [0, 0.1) is 0 Å².